The van der Waals surface area contributed by atoms with Crippen LogP contribution in [0.1, 0.15) is 32.1 Å². The van der Waals surface area contributed by atoms with Gasteiger partial charge in [-0.05, 0) is 43.4 Å². The summed E-state index contributed by atoms with van der Waals surface area (Å²) >= 11 is 3.56. The van der Waals surface area contributed by atoms with Crippen molar-refractivity contribution in [2.24, 2.45) is 11.3 Å². The van der Waals surface area contributed by atoms with E-state index in [9.17, 15) is 0 Å². The van der Waals surface area contributed by atoms with Crippen molar-refractivity contribution >= 4 is 15.9 Å². The number of rotatable bonds is 1. The fourth-order valence-electron chi connectivity index (χ4n) is 2.09. The molecule has 0 amide bonds. The van der Waals surface area contributed by atoms with Gasteiger partial charge in [0.1, 0.15) is 0 Å². The Bertz CT molecular complexity index is 116. The molecule has 0 heterocycles. The number of alkyl halides is 1. The summed E-state index contributed by atoms with van der Waals surface area (Å²) < 4.78 is 0. The zero-order chi connectivity index (χ0) is 6.32. The molecule has 0 aromatic rings. The van der Waals surface area contributed by atoms with Crippen molar-refractivity contribution in [1.29, 1.82) is 0 Å². The van der Waals surface area contributed by atoms with Gasteiger partial charge in [-0.3, -0.25) is 0 Å². The molecule has 0 radical (unpaired) electrons. The molecule has 0 saturated heterocycles. The first kappa shape index (κ1) is 6.21. The van der Waals surface area contributed by atoms with E-state index in [4.69, 9.17) is 0 Å². The highest BCUT2D eigenvalue weighted by atomic mass is 79.9. The topological polar surface area (TPSA) is 0 Å². The predicted octanol–water partition coefficient (Wildman–Crippen LogP) is 2.96. The third kappa shape index (κ3) is 1.04. The zero-order valence-corrected chi connectivity index (χ0v) is 7.28. The maximum Gasteiger partial charge on any atom is 0.00598 e. The van der Waals surface area contributed by atoms with Crippen LogP contribution in [0.5, 0.6) is 0 Å². The van der Waals surface area contributed by atoms with E-state index in [0.717, 1.165) is 11.3 Å². The summed E-state index contributed by atoms with van der Waals surface area (Å²) in [5, 5.41) is 1.24. The van der Waals surface area contributed by atoms with Gasteiger partial charge in [0.05, 0.1) is 0 Å². The minimum atomic E-state index is 0.887. The van der Waals surface area contributed by atoms with E-state index in [1.807, 2.05) is 0 Å². The SMILES string of the molecule is BrCC1CCC2(CC2)C1. The van der Waals surface area contributed by atoms with Gasteiger partial charge in [0.25, 0.3) is 0 Å². The Morgan fingerprint density at radius 2 is 2.11 bits per heavy atom. The second-order valence-electron chi connectivity index (χ2n) is 3.76. The van der Waals surface area contributed by atoms with E-state index in [1.165, 1.54) is 37.4 Å². The van der Waals surface area contributed by atoms with Gasteiger partial charge in [0, 0.05) is 5.33 Å². The molecule has 0 aromatic carbocycles. The highest BCUT2D eigenvalue weighted by molar-refractivity contribution is 9.09. The molecule has 0 aliphatic heterocycles. The number of halogens is 1. The van der Waals surface area contributed by atoms with Crippen molar-refractivity contribution in [2.45, 2.75) is 32.1 Å². The van der Waals surface area contributed by atoms with Crippen LogP contribution in [-0.4, -0.2) is 5.33 Å². The third-order valence-electron chi connectivity index (χ3n) is 2.98. The fraction of sp³-hybridized carbons (Fsp3) is 1.00. The van der Waals surface area contributed by atoms with Crippen LogP contribution in [0.3, 0.4) is 0 Å². The van der Waals surface area contributed by atoms with Crippen LogP contribution in [0.2, 0.25) is 0 Å². The standard InChI is InChI=1S/C8H13Br/c9-6-7-1-2-8(5-7)3-4-8/h7H,1-6H2. The minimum absolute atomic E-state index is 0.887. The van der Waals surface area contributed by atoms with Gasteiger partial charge >= 0.3 is 0 Å². The Labute approximate surface area is 65.1 Å². The molecule has 0 nitrogen and oxygen atoms in total. The third-order valence-corrected chi connectivity index (χ3v) is 3.90. The van der Waals surface area contributed by atoms with Crippen molar-refractivity contribution in [3.05, 3.63) is 0 Å². The second kappa shape index (κ2) is 1.98. The van der Waals surface area contributed by atoms with Gasteiger partial charge in [0.2, 0.25) is 0 Å². The van der Waals surface area contributed by atoms with E-state index in [2.05, 4.69) is 15.9 Å². The molecule has 0 bridgehead atoms. The Balaban J connectivity index is 1.93. The molecule has 1 unspecified atom stereocenters. The molecule has 0 aromatic heterocycles. The zero-order valence-electron chi connectivity index (χ0n) is 5.70. The van der Waals surface area contributed by atoms with Crippen LogP contribution in [-0.2, 0) is 0 Å². The quantitative estimate of drug-likeness (QED) is 0.556. The summed E-state index contributed by atoms with van der Waals surface area (Å²) in [5.74, 6) is 1.02. The van der Waals surface area contributed by atoms with Gasteiger partial charge in [-0.25, -0.2) is 0 Å². The van der Waals surface area contributed by atoms with E-state index < -0.39 is 0 Å². The van der Waals surface area contributed by atoms with E-state index in [-0.39, 0.29) is 0 Å². The first-order valence-electron chi connectivity index (χ1n) is 3.91. The lowest BCUT2D eigenvalue weighted by molar-refractivity contribution is 0.505. The first-order chi connectivity index (χ1) is 4.35. The van der Waals surface area contributed by atoms with Crippen molar-refractivity contribution < 1.29 is 0 Å². The molecule has 2 rings (SSSR count). The highest BCUT2D eigenvalue weighted by Crippen LogP contribution is 2.59. The first-order valence-corrected chi connectivity index (χ1v) is 5.03. The number of hydrogen-bond acceptors (Lipinski definition) is 0. The van der Waals surface area contributed by atoms with Crippen LogP contribution in [0, 0.1) is 11.3 Å². The molecule has 52 valence electrons. The van der Waals surface area contributed by atoms with Gasteiger partial charge in [0.15, 0.2) is 0 Å². The molecule has 2 aliphatic carbocycles. The average molecular weight is 189 g/mol. The van der Waals surface area contributed by atoms with Crippen molar-refractivity contribution in [3.8, 4) is 0 Å². The summed E-state index contributed by atoms with van der Waals surface area (Å²) in [5.41, 5.74) is 0.887. The summed E-state index contributed by atoms with van der Waals surface area (Å²) in [7, 11) is 0. The van der Waals surface area contributed by atoms with E-state index >= 15 is 0 Å². The average Bonchev–Trinajstić information content (AvgIpc) is 2.44. The van der Waals surface area contributed by atoms with Gasteiger partial charge in [-0.2, -0.15) is 0 Å². The second-order valence-corrected chi connectivity index (χ2v) is 4.41. The van der Waals surface area contributed by atoms with Crippen molar-refractivity contribution in [1.82, 2.24) is 0 Å². The molecule has 9 heavy (non-hydrogen) atoms. The lowest BCUT2D eigenvalue weighted by Gasteiger charge is -2.03. The molecule has 2 saturated carbocycles. The molecule has 2 aliphatic rings. The predicted molar refractivity (Wildman–Crippen MR) is 42.8 cm³/mol. The lowest BCUT2D eigenvalue weighted by atomic mass is 10.0. The fourth-order valence-corrected chi connectivity index (χ4v) is 2.64. The van der Waals surface area contributed by atoms with Crippen molar-refractivity contribution in [3.63, 3.8) is 0 Å². The molecule has 1 heteroatoms. The van der Waals surface area contributed by atoms with Crippen LogP contribution in [0.4, 0.5) is 0 Å². The summed E-state index contributed by atoms with van der Waals surface area (Å²) in [6, 6.07) is 0. The Morgan fingerprint density at radius 1 is 1.33 bits per heavy atom. The smallest absolute Gasteiger partial charge is 0.00598 e. The van der Waals surface area contributed by atoms with Crippen LogP contribution >= 0.6 is 15.9 Å². The maximum absolute atomic E-state index is 3.56. The van der Waals surface area contributed by atoms with E-state index in [1.54, 1.807) is 0 Å². The lowest BCUT2D eigenvalue weighted by Crippen LogP contribution is -1.96. The molecule has 1 spiro atoms. The van der Waals surface area contributed by atoms with E-state index in [0.29, 0.717) is 0 Å². The van der Waals surface area contributed by atoms with Crippen LogP contribution in [0.15, 0.2) is 0 Å². The summed E-state index contributed by atoms with van der Waals surface area (Å²) in [6.45, 7) is 0. The van der Waals surface area contributed by atoms with Gasteiger partial charge in [-0.15, -0.1) is 0 Å². The molecule has 0 N–H and O–H groups in total. The van der Waals surface area contributed by atoms with Crippen molar-refractivity contribution in [2.75, 3.05) is 5.33 Å². The van der Waals surface area contributed by atoms with Gasteiger partial charge in [-0.1, -0.05) is 15.9 Å². The minimum Gasteiger partial charge on any atom is -0.0925 e. The molecular formula is C8H13Br. The Kier molecular flexibility index (Phi) is 1.37. The molecule has 1 atom stereocenters. The summed E-state index contributed by atoms with van der Waals surface area (Å²) in [4.78, 5) is 0. The monoisotopic (exact) mass is 188 g/mol. The highest BCUT2D eigenvalue weighted by Gasteiger charge is 2.47. The van der Waals surface area contributed by atoms with Crippen LogP contribution in [0.25, 0.3) is 0 Å². The Morgan fingerprint density at radius 3 is 2.44 bits per heavy atom. The largest absolute Gasteiger partial charge is 0.0925 e. The Hall–Kier alpha value is 0.480. The maximum atomic E-state index is 3.56. The van der Waals surface area contributed by atoms with Gasteiger partial charge < -0.3 is 0 Å². The molecular weight excluding hydrogens is 176 g/mol. The molecule has 2 fully saturated rings. The van der Waals surface area contributed by atoms with Crippen LogP contribution < -0.4 is 0 Å². The number of hydrogen-bond donors (Lipinski definition) is 0. The normalized spacial score (nSPS) is 37.7. The summed E-state index contributed by atoms with van der Waals surface area (Å²) in [6.07, 6.45) is 7.62.